The predicted octanol–water partition coefficient (Wildman–Crippen LogP) is 3.02. The molecule has 0 radical (unpaired) electrons. The van der Waals surface area contributed by atoms with Gasteiger partial charge in [-0.1, -0.05) is 30.3 Å². The van der Waals surface area contributed by atoms with E-state index in [4.69, 9.17) is 0 Å². The lowest BCUT2D eigenvalue weighted by atomic mass is 10.0. The molecule has 2 aliphatic heterocycles. The van der Waals surface area contributed by atoms with Crippen molar-refractivity contribution >= 4 is 29.9 Å². The summed E-state index contributed by atoms with van der Waals surface area (Å²) in [6, 6.07) is 12.6. The van der Waals surface area contributed by atoms with Crippen LogP contribution in [0.3, 0.4) is 0 Å². The maximum atomic E-state index is 4.45. The first kappa shape index (κ1) is 26.4. The van der Waals surface area contributed by atoms with Crippen LogP contribution in [0.15, 0.2) is 35.3 Å². The summed E-state index contributed by atoms with van der Waals surface area (Å²) in [6.45, 7) is 12.4. The zero-order valence-electron chi connectivity index (χ0n) is 19.9. The van der Waals surface area contributed by atoms with E-state index in [0.717, 1.165) is 45.1 Å². The van der Waals surface area contributed by atoms with E-state index in [1.165, 1.54) is 31.5 Å². The van der Waals surface area contributed by atoms with Gasteiger partial charge in [0.15, 0.2) is 5.96 Å². The summed E-state index contributed by atoms with van der Waals surface area (Å²) in [5.41, 5.74) is 1.43. The summed E-state index contributed by atoms with van der Waals surface area (Å²) < 4.78 is 0. The molecule has 1 unspecified atom stereocenters. The number of hydrogen-bond acceptors (Lipinski definition) is 4. The monoisotopic (exact) mass is 542 g/mol. The normalized spacial score (nSPS) is 22.4. The van der Waals surface area contributed by atoms with E-state index in [2.05, 4.69) is 81.6 Å². The Balaban J connectivity index is 0.00000341. The average molecular weight is 543 g/mol. The topological polar surface area (TPSA) is 46.1 Å². The molecule has 2 saturated heterocycles. The van der Waals surface area contributed by atoms with E-state index in [-0.39, 0.29) is 24.0 Å². The molecule has 0 spiro atoms. The second-order valence-electron chi connectivity index (χ2n) is 9.13. The standard InChI is InChI=1S/C24H42N6.HI/c1-20(2)29-15-11-22(12-16-29)27-24(25-3)26-13-8-14-30-18-17-28(4)19-23(30)21-9-6-5-7-10-21;/h5-7,9-10,20,22-23H,8,11-19H2,1-4H3,(H2,25,26,27);1H. The Morgan fingerprint density at radius 2 is 1.81 bits per heavy atom. The number of nitrogens with zero attached hydrogens (tertiary/aromatic N) is 4. The first-order chi connectivity index (χ1) is 14.6. The van der Waals surface area contributed by atoms with Gasteiger partial charge in [-0.2, -0.15) is 0 Å². The highest BCUT2D eigenvalue weighted by Crippen LogP contribution is 2.24. The summed E-state index contributed by atoms with van der Waals surface area (Å²) >= 11 is 0. The van der Waals surface area contributed by atoms with E-state index in [1.807, 2.05) is 7.05 Å². The van der Waals surface area contributed by atoms with E-state index >= 15 is 0 Å². The lowest BCUT2D eigenvalue weighted by Gasteiger charge is -2.40. The van der Waals surface area contributed by atoms with Crippen LogP contribution in [0.1, 0.15) is 44.7 Å². The molecule has 1 atom stereocenters. The minimum atomic E-state index is 0. The first-order valence-electron chi connectivity index (χ1n) is 11.8. The van der Waals surface area contributed by atoms with Gasteiger partial charge in [0.05, 0.1) is 0 Å². The number of piperazine rings is 1. The number of likely N-dealkylation sites (tertiary alicyclic amines) is 1. The zero-order chi connectivity index (χ0) is 21.3. The molecule has 0 bridgehead atoms. The van der Waals surface area contributed by atoms with Crippen LogP contribution in [0.4, 0.5) is 0 Å². The van der Waals surface area contributed by atoms with Crippen molar-refractivity contribution in [1.82, 2.24) is 25.3 Å². The maximum absolute atomic E-state index is 4.45. The van der Waals surface area contributed by atoms with Crippen LogP contribution in [-0.2, 0) is 0 Å². The number of aliphatic imine (C=N–C) groups is 1. The van der Waals surface area contributed by atoms with Crippen molar-refractivity contribution in [1.29, 1.82) is 0 Å². The van der Waals surface area contributed by atoms with E-state index in [1.54, 1.807) is 0 Å². The molecule has 1 aromatic carbocycles. The van der Waals surface area contributed by atoms with Crippen LogP contribution < -0.4 is 10.6 Å². The quantitative estimate of drug-likeness (QED) is 0.240. The Hall–Kier alpha value is -0.900. The second-order valence-corrected chi connectivity index (χ2v) is 9.13. The number of piperidine rings is 1. The van der Waals surface area contributed by atoms with Crippen LogP contribution >= 0.6 is 24.0 Å². The lowest BCUT2D eigenvalue weighted by Crippen LogP contribution is -2.50. The van der Waals surface area contributed by atoms with Crippen molar-refractivity contribution < 1.29 is 0 Å². The molecular weight excluding hydrogens is 499 g/mol. The van der Waals surface area contributed by atoms with Gasteiger partial charge in [0, 0.05) is 71.0 Å². The highest BCUT2D eigenvalue weighted by atomic mass is 127. The molecule has 2 heterocycles. The summed E-state index contributed by atoms with van der Waals surface area (Å²) in [6.07, 6.45) is 3.51. The van der Waals surface area contributed by atoms with Gasteiger partial charge in [0.1, 0.15) is 0 Å². The summed E-state index contributed by atoms with van der Waals surface area (Å²) in [5.74, 6) is 0.955. The molecule has 7 heteroatoms. The molecule has 0 saturated carbocycles. The van der Waals surface area contributed by atoms with E-state index in [0.29, 0.717) is 18.1 Å². The molecule has 0 aliphatic carbocycles. The number of rotatable bonds is 7. The second kappa shape index (κ2) is 13.6. The first-order valence-corrected chi connectivity index (χ1v) is 11.8. The van der Waals surface area contributed by atoms with Gasteiger partial charge in [0.2, 0.25) is 0 Å². The van der Waals surface area contributed by atoms with E-state index in [9.17, 15) is 0 Å². The minimum absolute atomic E-state index is 0. The van der Waals surface area contributed by atoms with Crippen molar-refractivity contribution in [3.8, 4) is 0 Å². The number of guanidine groups is 1. The molecule has 2 N–H and O–H groups in total. The van der Waals surface area contributed by atoms with Crippen LogP contribution in [-0.4, -0.2) is 92.7 Å². The van der Waals surface area contributed by atoms with Crippen molar-refractivity contribution in [2.75, 3.05) is 59.9 Å². The molecule has 0 aromatic heterocycles. The van der Waals surface area contributed by atoms with Crippen molar-refractivity contribution in [2.45, 2.75) is 51.2 Å². The Labute approximate surface area is 206 Å². The predicted molar refractivity (Wildman–Crippen MR) is 143 cm³/mol. The van der Waals surface area contributed by atoms with Gasteiger partial charge in [-0.3, -0.25) is 9.89 Å². The summed E-state index contributed by atoms with van der Waals surface area (Å²) in [7, 11) is 4.11. The Bertz CT molecular complexity index is 645. The van der Waals surface area contributed by atoms with Gasteiger partial charge in [0.25, 0.3) is 0 Å². The third kappa shape index (κ3) is 8.18. The average Bonchev–Trinajstić information content (AvgIpc) is 2.77. The van der Waals surface area contributed by atoms with Crippen molar-refractivity contribution in [3.63, 3.8) is 0 Å². The molecule has 176 valence electrons. The molecule has 6 nitrogen and oxygen atoms in total. The SMILES string of the molecule is CN=C(NCCCN1CCN(C)CC1c1ccccc1)NC1CCN(C(C)C)CC1.I. The van der Waals surface area contributed by atoms with Crippen LogP contribution in [0.5, 0.6) is 0 Å². The smallest absolute Gasteiger partial charge is 0.191 e. The van der Waals surface area contributed by atoms with Gasteiger partial charge < -0.3 is 20.4 Å². The Morgan fingerprint density at radius 3 is 2.45 bits per heavy atom. The Kier molecular flexibility index (Phi) is 11.6. The van der Waals surface area contributed by atoms with Gasteiger partial charge in [-0.25, -0.2) is 0 Å². The molecular formula is C24H43IN6. The molecule has 1 aromatic rings. The number of likely N-dealkylation sites (N-methyl/N-ethyl adjacent to an activating group) is 1. The molecule has 3 rings (SSSR count). The van der Waals surface area contributed by atoms with Crippen molar-refractivity contribution in [2.24, 2.45) is 4.99 Å². The molecule has 31 heavy (non-hydrogen) atoms. The van der Waals surface area contributed by atoms with Crippen LogP contribution in [0, 0.1) is 0 Å². The zero-order valence-corrected chi connectivity index (χ0v) is 22.2. The maximum Gasteiger partial charge on any atom is 0.191 e. The molecule has 2 fully saturated rings. The third-order valence-corrected chi connectivity index (χ3v) is 6.62. The fourth-order valence-electron chi connectivity index (χ4n) is 4.65. The van der Waals surface area contributed by atoms with Gasteiger partial charge in [-0.05, 0) is 45.7 Å². The number of nitrogens with one attached hydrogen (secondary N) is 2. The highest BCUT2D eigenvalue weighted by molar-refractivity contribution is 14.0. The fraction of sp³-hybridized carbons (Fsp3) is 0.708. The fourth-order valence-corrected chi connectivity index (χ4v) is 4.65. The lowest BCUT2D eigenvalue weighted by molar-refractivity contribution is 0.0891. The molecule has 2 aliphatic rings. The number of benzene rings is 1. The van der Waals surface area contributed by atoms with E-state index < -0.39 is 0 Å². The minimum Gasteiger partial charge on any atom is -0.356 e. The Morgan fingerprint density at radius 1 is 1.10 bits per heavy atom. The van der Waals surface area contributed by atoms with Gasteiger partial charge >= 0.3 is 0 Å². The van der Waals surface area contributed by atoms with Crippen LogP contribution in [0.2, 0.25) is 0 Å². The summed E-state index contributed by atoms with van der Waals surface area (Å²) in [5, 5.41) is 7.18. The van der Waals surface area contributed by atoms with Gasteiger partial charge in [-0.15, -0.1) is 24.0 Å². The van der Waals surface area contributed by atoms with Crippen molar-refractivity contribution in [3.05, 3.63) is 35.9 Å². The third-order valence-electron chi connectivity index (χ3n) is 6.62. The largest absolute Gasteiger partial charge is 0.356 e. The van der Waals surface area contributed by atoms with Crippen LogP contribution in [0.25, 0.3) is 0 Å². The number of halogens is 1. The number of hydrogen-bond donors (Lipinski definition) is 2. The molecule has 0 amide bonds. The summed E-state index contributed by atoms with van der Waals surface area (Å²) in [4.78, 5) is 12.1. The highest BCUT2D eigenvalue weighted by Gasteiger charge is 2.26.